The molecule has 164 valence electrons. The third-order valence-corrected chi connectivity index (χ3v) is 6.46. The topological polar surface area (TPSA) is 172 Å². The molecule has 1 atom stereocenters. The van der Waals surface area contributed by atoms with Crippen molar-refractivity contribution in [1.82, 2.24) is 0 Å². The van der Waals surface area contributed by atoms with Crippen molar-refractivity contribution >= 4 is 115 Å². The van der Waals surface area contributed by atoms with Gasteiger partial charge in [0.25, 0.3) is 5.91 Å². The maximum absolute atomic E-state index is 12.7. The molecule has 0 spiro atoms. The predicted molar refractivity (Wildman–Crippen MR) is 113 cm³/mol. The maximum Gasteiger partial charge on any atom is 2.00 e. The Kier molecular flexibility index (Phi) is 8.72. The van der Waals surface area contributed by atoms with Crippen LogP contribution in [0, 0.1) is 0 Å². The summed E-state index contributed by atoms with van der Waals surface area (Å²) in [4.78, 5) is 11.5. The number of rotatable bonds is 5. The van der Waals surface area contributed by atoms with Crippen LogP contribution < -0.4 is 5.01 Å². The van der Waals surface area contributed by atoms with Crippen molar-refractivity contribution in [1.29, 1.82) is 0 Å². The minimum Gasteiger partial charge on any atom is -0.744 e. The quantitative estimate of drug-likeness (QED) is 0.274. The Bertz CT molecular complexity index is 1350. The molecule has 0 saturated heterocycles. The average Bonchev–Trinajstić information content (AvgIpc) is 2.94. The van der Waals surface area contributed by atoms with Crippen LogP contribution in [0.25, 0.3) is 0 Å². The van der Waals surface area contributed by atoms with E-state index in [4.69, 9.17) is 23.2 Å². The molecule has 0 radical (unpaired) electrons. The number of halogens is 2. The predicted octanol–water partition coefficient (Wildman–Crippen LogP) is 2.30. The van der Waals surface area contributed by atoms with Crippen LogP contribution in [0.4, 0.5) is 11.4 Å². The Morgan fingerprint density at radius 1 is 1.00 bits per heavy atom. The molecule has 1 aliphatic heterocycles. The Morgan fingerprint density at radius 2 is 1.59 bits per heavy atom. The molecule has 16 heteroatoms. The van der Waals surface area contributed by atoms with E-state index in [1.54, 1.807) is 0 Å². The summed E-state index contributed by atoms with van der Waals surface area (Å²) in [6.07, 6.45) is 0. The molecule has 0 fully saturated rings. The largest absolute Gasteiger partial charge is 2.00 e. The van der Waals surface area contributed by atoms with Crippen molar-refractivity contribution in [3.63, 3.8) is 0 Å². The summed E-state index contributed by atoms with van der Waals surface area (Å²) in [7, 11) is -9.49. The van der Waals surface area contributed by atoms with E-state index in [-0.39, 0.29) is 71.0 Å². The molecule has 2 aromatic carbocycles. The first kappa shape index (κ1) is 27.4. The number of carbonyl (C=O) groups excluding carboxylic acids is 1. The number of amides is 1. The van der Waals surface area contributed by atoms with E-state index in [0.717, 1.165) is 29.3 Å². The molecule has 1 unspecified atom stereocenters. The standard InChI is InChI=1S/C16H12Cl2N4O7S2.Ba/c1-8-15(20-19-9-2-4-10(5-3-9)30(24,25)26)16(23)22(21-8)13-6-12(18)14(7-11(13)17)31(27,28)29;/h2-7,15H,1H3,(H,24,25,26)(H,27,28,29);/q;+2/p-2. The molecular formula is C16H10BaCl2N4O7S2. The van der Waals surface area contributed by atoms with Gasteiger partial charge in [-0.15, -0.1) is 0 Å². The van der Waals surface area contributed by atoms with E-state index in [0.29, 0.717) is 0 Å². The molecule has 11 nitrogen and oxygen atoms in total. The number of hydrogen-bond acceptors (Lipinski definition) is 10. The number of nitrogens with zero attached hydrogens (tertiary/aromatic N) is 4. The van der Waals surface area contributed by atoms with Gasteiger partial charge < -0.3 is 9.11 Å². The second-order valence-electron chi connectivity index (χ2n) is 6.15. The van der Waals surface area contributed by atoms with Gasteiger partial charge in [-0.1, -0.05) is 23.2 Å². The summed E-state index contributed by atoms with van der Waals surface area (Å²) >= 11 is 11.9. The van der Waals surface area contributed by atoms with Crippen LogP contribution in [0.15, 0.2) is 61.5 Å². The molecule has 3 rings (SSSR count). The van der Waals surface area contributed by atoms with Crippen LogP contribution in [0.2, 0.25) is 10.0 Å². The van der Waals surface area contributed by atoms with Crippen LogP contribution in [0.1, 0.15) is 6.92 Å². The number of azo groups is 1. The molecule has 0 aromatic heterocycles. The molecule has 1 aliphatic rings. The third-order valence-electron chi connectivity index (χ3n) is 4.01. The minimum atomic E-state index is -4.88. The van der Waals surface area contributed by atoms with Gasteiger partial charge in [0.1, 0.15) is 20.2 Å². The third kappa shape index (κ3) is 5.98. The van der Waals surface area contributed by atoms with Crippen LogP contribution >= 0.6 is 23.2 Å². The second-order valence-corrected chi connectivity index (χ2v) is 9.69. The van der Waals surface area contributed by atoms with Gasteiger partial charge in [0.2, 0.25) is 0 Å². The molecule has 32 heavy (non-hydrogen) atoms. The van der Waals surface area contributed by atoms with Gasteiger partial charge in [-0.25, -0.2) is 16.8 Å². The summed E-state index contributed by atoms with van der Waals surface area (Å²) in [6.45, 7) is 1.49. The first-order valence-corrected chi connectivity index (χ1v) is 11.7. The summed E-state index contributed by atoms with van der Waals surface area (Å²) in [6, 6.07) is 5.25. The van der Waals surface area contributed by atoms with Gasteiger partial charge in [0, 0.05) is 0 Å². The van der Waals surface area contributed by atoms with Gasteiger partial charge in [0.15, 0.2) is 6.04 Å². The fraction of sp³-hybridized carbons (Fsp3) is 0.125. The normalized spacial score (nSPS) is 16.9. The summed E-state index contributed by atoms with van der Waals surface area (Å²) in [5.41, 5.74) is 0.337. The van der Waals surface area contributed by atoms with E-state index in [2.05, 4.69) is 15.3 Å². The van der Waals surface area contributed by atoms with Gasteiger partial charge >= 0.3 is 48.9 Å². The molecule has 2 aromatic rings. The average molecular weight is 643 g/mol. The number of hydrazone groups is 1. The first-order chi connectivity index (χ1) is 14.3. The van der Waals surface area contributed by atoms with E-state index in [1.165, 1.54) is 19.1 Å². The Morgan fingerprint density at radius 3 is 2.12 bits per heavy atom. The number of carbonyl (C=O) groups is 1. The zero-order valence-corrected chi connectivity index (χ0v) is 23.6. The second kappa shape index (κ2) is 10.2. The van der Waals surface area contributed by atoms with E-state index in [1.807, 2.05) is 0 Å². The molecular weight excluding hydrogens is 633 g/mol. The van der Waals surface area contributed by atoms with E-state index >= 15 is 0 Å². The van der Waals surface area contributed by atoms with Crippen molar-refractivity contribution in [3.05, 3.63) is 46.4 Å². The molecule has 0 N–H and O–H groups in total. The van der Waals surface area contributed by atoms with Crippen molar-refractivity contribution in [3.8, 4) is 0 Å². The van der Waals surface area contributed by atoms with Crippen LogP contribution in [-0.2, 0) is 25.0 Å². The Hall–Kier alpha value is -0.849. The van der Waals surface area contributed by atoms with Gasteiger partial charge in [0.05, 0.1) is 36.9 Å². The maximum atomic E-state index is 12.7. The van der Waals surface area contributed by atoms with Crippen molar-refractivity contribution in [2.75, 3.05) is 5.01 Å². The fourth-order valence-electron chi connectivity index (χ4n) is 2.54. The summed E-state index contributed by atoms with van der Waals surface area (Å²) in [5.74, 6) is -0.685. The summed E-state index contributed by atoms with van der Waals surface area (Å²) in [5, 5.41) is 11.9. The van der Waals surface area contributed by atoms with Crippen LogP contribution in [0.5, 0.6) is 0 Å². The van der Waals surface area contributed by atoms with Crippen molar-refractivity contribution < 1.29 is 30.7 Å². The zero-order valence-electron chi connectivity index (χ0n) is 16.0. The molecule has 1 amide bonds. The zero-order chi connectivity index (χ0) is 23.1. The minimum absolute atomic E-state index is 0. The van der Waals surface area contributed by atoms with Crippen molar-refractivity contribution in [2.24, 2.45) is 15.3 Å². The monoisotopic (exact) mass is 642 g/mol. The molecule has 1 heterocycles. The Balaban J connectivity index is 0.00000363. The first-order valence-electron chi connectivity index (χ1n) is 8.10. The van der Waals surface area contributed by atoms with E-state index in [9.17, 15) is 30.7 Å². The molecule has 0 bridgehead atoms. The SMILES string of the molecule is CC1=NN(c2cc(Cl)c(S(=O)(=O)[O-])cc2Cl)C(=O)C1N=Nc1ccc(S(=O)(=O)[O-])cc1.[Ba+2]. The molecule has 0 aliphatic carbocycles. The Labute approximate surface area is 233 Å². The van der Waals surface area contributed by atoms with Gasteiger partial charge in [-0.2, -0.15) is 20.3 Å². The van der Waals surface area contributed by atoms with E-state index < -0.39 is 47.0 Å². The van der Waals surface area contributed by atoms with Crippen LogP contribution in [-0.4, -0.2) is 92.5 Å². The van der Waals surface area contributed by atoms with Crippen LogP contribution in [0.3, 0.4) is 0 Å². The fourth-order valence-corrected chi connectivity index (χ4v) is 4.32. The smallest absolute Gasteiger partial charge is 0.744 e. The number of benzene rings is 2. The number of hydrogen-bond donors (Lipinski definition) is 0. The molecule has 0 saturated carbocycles. The van der Waals surface area contributed by atoms with Gasteiger partial charge in [-0.3, -0.25) is 4.79 Å². The van der Waals surface area contributed by atoms with Crippen molar-refractivity contribution in [2.45, 2.75) is 22.8 Å². The summed E-state index contributed by atoms with van der Waals surface area (Å²) < 4.78 is 66.5. The number of anilines is 1. The van der Waals surface area contributed by atoms with Gasteiger partial charge in [-0.05, 0) is 43.3 Å².